The lowest BCUT2D eigenvalue weighted by Crippen LogP contribution is -2.41. The molecule has 1 aromatic rings. The molecule has 2 rings (SSSR count). The van der Waals surface area contributed by atoms with Crippen molar-refractivity contribution in [3.8, 4) is 0 Å². The average Bonchev–Trinajstić information content (AvgIpc) is 2.57. The standard InChI is InChI=1S/C11H19N3O2S2/c1-8-11(17-9(2)13-8)7-14-5-3-10(4-6-14)18(12,15)16/h10H,3-7H2,1-2H3,(H2,12,15,16). The maximum absolute atomic E-state index is 11.3. The van der Waals surface area contributed by atoms with Crippen LogP contribution in [0.2, 0.25) is 0 Å². The minimum atomic E-state index is -3.36. The molecule has 0 unspecified atom stereocenters. The quantitative estimate of drug-likeness (QED) is 0.901. The number of hydrogen-bond donors (Lipinski definition) is 1. The average molecular weight is 289 g/mol. The summed E-state index contributed by atoms with van der Waals surface area (Å²) in [6.45, 7) is 6.48. The first-order chi connectivity index (χ1) is 8.36. The number of likely N-dealkylation sites (tertiary alicyclic amines) is 1. The van der Waals surface area contributed by atoms with E-state index in [2.05, 4.69) is 9.88 Å². The molecule has 102 valence electrons. The molecule has 1 aromatic heterocycles. The maximum atomic E-state index is 11.3. The predicted molar refractivity (Wildman–Crippen MR) is 73.0 cm³/mol. The summed E-state index contributed by atoms with van der Waals surface area (Å²) in [5.74, 6) is 0. The van der Waals surface area contributed by atoms with Crippen LogP contribution in [0.3, 0.4) is 0 Å². The summed E-state index contributed by atoms with van der Waals surface area (Å²) in [6, 6.07) is 0. The highest BCUT2D eigenvalue weighted by atomic mass is 32.2. The Labute approximate surface area is 112 Å². The molecule has 18 heavy (non-hydrogen) atoms. The molecule has 5 nitrogen and oxygen atoms in total. The fourth-order valence-corrected chi connectivity index (χ4v) is 4.17. The molecule has 1 aliphatic heterocycles. The van der Waals surface area contributed by atoms with Crippen molar-refractivity contribution in [2.45, 2.75) is 38.5 Å². The Bertz CT molecular complexity index is 516. The van der Waals surface area contributed by atoms with Crippen LogP contribution in [0, 0.1) is 13.8 Å². The zero-order chi connectivity index (χ0) is 13.3. The van der Waals surface area contributed by atoms with Gasteiger partial charge in [-0.1, -0.05) is 0 Å². The van der Waals surface area contributed by atoms with Gasteiger partial charge in [0.05, 0.1) is 16.0 Å². The summed E-state index contributed by atoms with van der Waals surface area (Å²) in [4.78, 5) is 7.97. The van der Waals surface area contributed by atoms with Gasteiger partial charge < -0.3 is 0 Å². The Morgan fingerprint density at radius 2 is 2.00 bits per heavy atom. The topological polar surface area (TPSA) is 76.3 Å². The van der Waals surface area contributed by atoms with Crippen molar-refractivity contribution in [3.05, 3.63) is 15.6 Å². The van der Waals surface area contributed by atoms with Crippen molar-refractivity contribution in [3.63, 3.8) is 0 Å². The lowest BCUT2D eigenvalue weighted by Gasteiger charge is -2.30. The Hall–Kier alpha value is -0.500. The van der Waals surface area contributed by atoms with Crippen molar-refractivity contribution in [2.75, 3.05) is 13.1 Å². The van der Waals surface area contributed by atoms with Gasteiger partial charge in [0.1, 0.15) is 0 Å². The molecule has 1 aliphatic rings. The molecule has 7 heteroatoms. The fraction of sp³-hybridized carbons (Fsp3) is 0.727. The molecule has 0 amide bonds. The van der Waals surface area contributed by atoms with E-state index in [4.69, 9.17) is 5.14 Å². The minimum Gasteiger partial charge on any atom is -0.298 e. The highest BCUT2D eigenvalue weighted by Crippen LogP contribution is 2.22. The summed E-state index contributed by atoms with van der Waals surface area (Å²) in [5.41, 5.74) is 1.09. The molecule has 2 heterocycles. The monoisotopic (exact) mass is 289 g/mol. The van der Waals surface area contributed by atoms with Gasteiger partial charge in [-0.2, -0.15) is 0 Å². The lowest BCUT2D eigenvalue weighted by molar-refractivity contribution is 0.223. The van der Waals surface area contributed by atoms with E-state index >= 15 is 0 Å². The number of primary sulfonamides is 1. The van der Waals surface area contributed by atoms with E-state index in [0.29, 0.717) is 12.8 Å². The number of aromatic nitrogens is 1. The molecule has 1 fully saturated rings. The van der Waals surface area contributed by atoms with Crippen LogP contribution in [0.25, 0.3) is 0 Å². The molecule has 0 spiro atoms. The highest BCUT2D eigenvalue weighted by Gasteiger charge is 2.27. The Morgan fingerprint density at radius 3 is 2.44 bits per heavy atom. The number of thiazole rings is 1. The smallest absolute Gasteiger partial charge is 0.212 e. The normalized spacial score (nSPS) is 19.3. The van der Waals surface area contributed by atoms with Gasteiger partial charge in [0.25, 0.3) is 0 Å². The van der Waals surface area contributed by atoms with Crippen LogP contribution in [0.4, 0.5) is 0 Å². The van der Waals surface area contributed by atoms with Gasteiger partial charge in [-0.15, -0.1) is 11.3 Å². The second-order valence-electron chi connectivity index (χ2n) is 4.81. The Morgan fingerprint density at radius 1 is 1.39 bits per heavy atom. The van der Waals surface area contributed by atoms with Gasteiger partial charge in [0, 0.05) is 11.4 Å². The van der Waals surface area contributed by atoms with E-state index in [-0.39, 0.29) is 5.25 Å². The molecular weight excluding hydrogens is 270 g/mol. The van der Waals surface area contributed by atoms with Gasteiger partial charge in [0.15, 0.2) is 0 Å². The first-order valence-electron chi connectivity index (χ1n) is 6.03. The zero-order valence-corrected chi connectivity index (χ0v) is 12.4. The Kier molecular flexibility index (Phi) is 4.05. The van der Waals surface area contributed by atoms with Gasteiger partial charge >= 0.3 is 0 Å². The predicted octanol–water partition coefficient (Wildman–Crippen LogP) is 1.01. The molecular formula is C11H19N3O2S2. The number of rotatable bonds is 3. The second-order valence-corrected chi connectivity index (χ2v) is 7.94. The second kappa shape index (κ2) is 5.24. The zero-order valence-electron chi connectivity index (χ0n) is 10.7. The molecule has 0 bridgehead atoms. The van der Waals surface area contributed by atoms with E-state index in [1.807, 2.05) is 13.8 Å². The molecule has 0 atom stereocenters. The van der Waals surface area contributed by atoms with Gasteiger partial charge in [0.2, 0.25) is 10.0 Å². The van der Waals surface area contributed by atoms with Crippen molar-refractivity contribution in [2.24, 2.45) is 5.14 Å². The van der Waals surface area contributed by atoms with Crippen LogP contribution in [0.15, 0.2) is 0 Å². The van der Waals surface area contributed by atoms with Crippen molar-refractivity contribution in [1.82, 2.24) is 9.88 Å². The first-order valence-corrected chi connectivity index (χ1v) is 8.45. The number of piperidine rings is 1. The third-order valence-electron chi connectivity index (χ3n) is 3.37. The van der Waals surface area contributed by atoms with Crippen LogP contribution in [-0.4, -0.2) is 36.6 Å². The molecule has 2 N–H and O–H groups in total. The van der Waals surface area contributed by atoms with Crippen LogP contribution in [0.5, 0.6) is 0 Å². The largest absolute Gasteiger partial charge is 0.298 e. The van der Waals surface area contributed by atoms with Crippen LogP contribution in [-0.2, 0) is 16.6 Å². The lowest BCUT2D eigenvalue weighted by atomic mass is 10.1. The number of aryl methyl sites for hydroxylation is 2. The highest BCUT2D eigenvalue weighted by molar-refractivity contribution is 7.89. The number of nitrogens with zero attached hydrogens (tertiary/aromatic N) is 2. The van der Waals surface area contributed by atoms with E-state index < -0.39 is 10.0 Å². The van der Waals surface area contributed by atoms with E-state index in [0.717, 1.165) is 30.3 Å². The molecule has 0 saturated carbocycles. The van der Waals surface area contributed by atoms with Crippen molar-refractivity contribution in [1.29, 1.82) is 0 Å². The van der Waals surface area contributed by atoms with Crippen molar-refractivity contribution >= 4 is 21.4 Å². The molecule has 1 saturated heterocycles. The van der Waals surface area contributed by atoms with Gasteiger partial charge in [-0.25, -0.2) is 18.5 Å². The summed E-state index contributed by atoms with van der Waals surface area (Å²) in [7, 11) is -3.36. The van der Waals surface area contributed by atoms with Crippen LogP contribution < -0.4 is 5.14 Å². The Balaban J connectivity index is 1.93. The third-order valence-corrected chi connectivity index (χ3v) is 5.82. The minimum absolute atomic E-state index is 0.363. The van der Waals surface area contributed by atoms with Crippen molar-refractivity contribution < 1.29 is 8.42 Å². The summed E-state index contributed by atoms with van der Waals surface area (Å²) in [5, 5.41) is 5.90. The summed E-state index contributed by atoms with van der Waals surface area (Å²) < 4.78 is 22.5. The van der Waals surface area contributed by atoms with Gasteiger partial charge in [-0.3, -0.25) is 4.90 Å². The van der Waals surface area contributed by atoms with Gasteiger partial charge in [-0.05, 0) is 39.8 Å². The number of sulfonamides is 1. The first kappa shape index (κ1) is 13.9. The van der Waals surface area contributed by atoms with Crippen LogP contribution >= 0.6 is 11.3 Å². The summed E-state index contributed by atoms with van der Waals surface area (Å²) in [6.07, 6.45) is 1.27. The molecule has 0 radical (unpaired) electrons. The molecule has 0 aliphatic carbocycles. The third kappa shape index (κ3) is 3.28. The van der Waals surface area contributed by atoms with E-state index in [9.17, 15) is 8.42 Å². The maximum Gasteiger partial charge on any atom is 0.212 e. The van der Waals surface area contributed by atoms with E-state index in [1.165, 1.54) is 4.88 Å². The number of hydrogen-bond acceptors (Lipinski definition) is 5. The summed E-state index contributed by atoms with van der Waals surface area (Å²) >= 11 is 1.72. The van der Waals surface area contributed by atoms with E-state index in [1.54, 1.807) is 11.3 Å². The molecule has 0 aromatic carbocycles. The SMILES string of the molecule is Cc1nc(C)c(CN2CCC(S(N)(=O)=O)CC2)s1. The number of nitrogens with two attached hydrogens (primary N) is 1. The van der Waals surface area contributed by atoms with Crippen LogP contribution in [0.1, 0.15) is 28.4 Å². The fourth-order valence-electron chi connectivity index (χ4n) is 2.32.